The Balaban J connectivity index is 2.42. The Morgan fingerprint density at radius 2 is 2.10 bits per heavy atom. The van der Waals surface area contributed by atoms with Crippen LogP contribution in [0, 0.1) is 11.6 Å². The van der Waals surface area contributed by atoms with E-state index in [4.69, 9.17) is 10.3 Å². The lowest BCUT2D eigenvalue weighted by atomic mass is 9.98. The molecule has 7 heteroatoms. The average Bonchev–Trinajstić information content (AvgIpc) is 2.86. The SMILES string of the molecule is CCCC(C)(N)c1nc(-c2ccc(F)c(F)c2Br)no1. The maximum Gasteiger partial charge on any atom is 0.246 e. The molecule has 0 spiro atoms. The summed E-state index contributed by atoms with van der Waals surface area (Å²) < 4.78 is 31.7. The molecule has 2 N–H and O–H groups in total. The Kier molecular flexibility index (Phi) is 4.19. The Labute approximate surface area is 123 Å². The van der Waals surface area contributed by atoms with E-state index in [0.29, 0.717) is 12.0 Å². The van der Waals surface area contributed by atoms with Gasteiger partial charge in [0.25, 0.3) is 0 Å². The third kappa shape index (κ3) is 2.73. The minimum absolute atomic E-state index is 0.0425. The molecule has 1 heterocycles. The van der Waals surface area contributed by atoms with E-state index < -0.39 is 17.2 Å². The standard InChI is InChI=1S/C13H14BrF2N3O/c1-3-6-13(2,17)12-18-11(19-20-12)7-4-5-8(15)10(16)9(7)14/h4-5H,3,6,17H2,1-2H3. The van der Waals surface area contributed by atoms with Crippen molar-refractivity contribution in [1.82, 2.24) is 10.1 Å². The molecule has 0 aliphatic heterocycles. The molecule has 108 valence electrons. The van der Waals surface area contributed by atoms with Gasteiger partial charge in [-0.15, -0.1) is 0 Å². The Hall–Kier alpha value is -1.34. The fourth-order valence-corrected chi connectivity index (χ4v) is 2.39. The van der Waals surface area contributed by atoms with Gasteiger partial charge < -0.3 is 10.3 Å². The Morgan fingerprint density at radius 3 is 2.75 bits per heavy atom. The Bertz CT molecular complexity index is 628. The van der Waals surface area contributed by atoms with Crippen LogP contribution in [-0.4, -0.2) is 10.1 Å². The van der Waals surface area contributed by atoms with Crippen molar-refractivity contribution in [3.63, 3.8) is 0 Å². The molecule has 4 nitrogen and oxygen atoms in total. The van der Waals surface area contributed by atoms with Gasteiger partial charge in [0.2, 0.25) is 11.7 Å². The highest BCUT2D eigenvalue weighted by Gasteiger charge is 2.28. The molecule has 0 saturated heterocycles. The highest BCUT2D eigenvalue weighted by atomic mass is 79.9. The lowest BCUT2D eigenvalue weighted by molar-refractivity contribution is 0.284. The van der Waals surface area contributed by atoms with Crippen LogP contribution in [-0.2, 0) is 5.54 Å². The van der Waals surface area contributed by atoms with E-state index in [1.165, 1.54) is 6.07 Å². The number of benzene rings is 1. The first-order chi connectivity index (χ1) is 9.36. The van der Waals surface area contributed by atoms with E-state index in [-0.39, 0.29) is 16.2 Å². The lowest BCUT2D eigenvalue weighted by Gasteiger charge is -2.18. The van der Waals surface area contributed by atoms with E-state index in [1.807, 2.05) is 6.92 Å². The Morgan fingerprint density at radius 1 is 1.40 bits per heavy atom. The van der Waals surface area contributed by atoms with Gasteiger partial charge in [0.05, 0.1) is 10.0 Å². The van der Waals surface area contributed by atoms with E-state index in [1.54, 1.807) is 6.92 Å². The molecule has 0 fully saturated rings. The second kappa shape index (κ2) is 5.57. The molecular weight excluding hydrogens is 332 g/mol. The number of halogens is 3. The predicted molar refractivity (Wildman–Crippen MR) is 73.8 cm³/mol. The second-order valence-electron chi connectivity index (χ2n) is 4.81. The van der Waals surface area contributed by atoms with Crippen LogP contribution in [0.4, 0.5) is 8.78 Å². The van der Waals surface area contributed by atoms with Crippen molar-refractivity contribution in [2.24, 2.45) is 5.73 Å². The zero-order valence-electron chi connectivity index (χ0n) is 11.1. The molecule has 2 rings (SSSR count). The maximum atomic E-state index is 13.5. The van der Waals surface area contributed by atoms with Crippen LogP contribution in [0.25, 0.3) is 11.4 Å². The number of rotatable bonds is 4. The van der Waals surface area contributed by atoms with Crippen molar-refractivity contribution >= 4 is 15.9 Å². The van der Waals surface area contributed by atoms with Crippen LogP contribution >= 0.6 is 15.9 Å². The van der Waals surface area contributed by atoms with Crippen LogP contribution in [0.15, 0.2) is 21.1 Å². The zero-order valence-corrected chi connectivity index (χ0v) is 12.7. The second-order valence-corrected chi connectivity index (χ2v) is 5.61. The van der Waals surface area contributed by atoms with Crippen LogP contribution in [0.5, 0.6) is 0 Å². The minimum atomic E-state index is -0.988. The first-order valence-electron chi connectivity index (χ1n) is 6.13. The van der Waals surface area contributed by atoms with Crippen molar-refractivity contribution in [1.29, 1.82) is 0 Å². The molecule has 0 radical (unpaired) electrons. The third-order valence-electron chi connectivity index (χ3n) is 2.96. The maximum absolute atomic E-state index is 13.5. The number of aromatic nitrogens is 2. The number of hydrogen-bond donors (Lipinski definition) is 1. The number of nitrogens with zero attached hydrogens (tertiary/aromatic N) is 2. The van der Waals surface area contributed by atoms with Crippen molar-refractivity contribution in [2.75, 3.05) is 0 Å². The molecule has 2 aromatic rings. The summed E-state index contributed by atoms with van der Waals surface area (Å²) in [4.78, 5) is 4.18. The summed E-state index contributed by atoms with van der Waals surface area (Å²) in [5.74, 6) is -1.50. The average molecular weight is 346 g/mol. The first-order valence-corrected chi connectivity index (χ1v) is 6.93. The van der Waals surface area contributed by atoms with Crippen LogP contribution < -0.4 is 5.73 Å². The van der Waals surface area contributed by atoms with E-state index >= 15 is 0 Å². The molecule has 1 atom stereocenters. The summed E-state index contributed by atoms with van der Waals surface area (Å²) in [6, 6.07) is 2.39. The molecule has 20 heavy (non-hydrogen) atoms. The van der Waals surface area contributed by atoms with Crippen molar-refractivity contribution in [3.8, 4) is 11.4 Å². The first kappa shape index (κ1) is 15.1. The summed E-state index contributed by atoms with van der Waals surface area (Å²) in [6.45, 7) is 3.78. The summed E-state index contributed by atoms with van der Waals surface area (Å²) in [5.41, 5.74) is 5.66. The van der Waals surface area contributed by atoms with Crippen LogP contribution in [0.1, 0.15) is 32.6 Å². The summed E-state index contributed by atoms with van der Waals surface area (Å²) in [5, 5.41) is 3.78. The highest BCUT2D eigenvalue weighted by molar-refractivity contribution is 9.10. The zero-order chi connectivity index (χ0) is 14.9. The van der Waals surface area contributed by atoms with Crippen molar-refractivity contribution in [2.45, 2.75) is 32.2 Å². The topological polar surface area (TPSA) is 64.9 Å². The lowest BCUT2D eigenvalue weighted by Crippen LogP contribution is -2.33. The quantitative estimate of drug-likeness (QED) is 0.857. The molecule has 1 aromatic carbocycles. The van der Waals surface area contributed by atoms with E-state index in [2.05, 4.69) is 26.1 Å². The molecule has 0 saturated carbocycles. The monoisotopic (exact) mass is 345 g/mol. The van der Waals surface area contributed by atoms with Crippen molar-refractivity contribution < 1.29 is 13.3 Å². The summed E-state index contributed by atoms with van der Waals surface area (Å²) in [7, 11) is 0. The fraction of sp³-hybridized carbons (Fsp3) is 0.385. The largest absolute Gasteiger partial charge is 0.337 e. The molecule has 0 bridgehead atoms. The van der Waals surface area contributed by atoms with Gasteiger partial charge in [0, 0.05) is 5.56 Å². The van der Waals surface area contributed by atoms with Gasteiger partial charge in [-0.25, -0.2) is 8.78 Å². The summed E-state index contributed by atoms with van der Waals surface area (Å²) >= 11 is 2.99. The van der Waals surface area contributed by atoms with Gasteiger partial charge in [0.15, 0.2) is 11.6 Å². The van der Waals surface area contributed by atoms with Gasteiger partial charge in [-0.2, -0.15) is 4.98 Å². The number of nitrogens with two attached hydrogens (primary N) is 1. The molecule has 0 aliphatic rings. The van der Waals surface area contributed by atoms with Crippen LogP contribution in [0.3, 0.4) is 0 Å². The van der Waals surface area contributed by atoms with Gasteiger partial charge in [0.1, 0.15) is 0 Å². The normalized spacial score (nSPS) is 14.3. The fourth-order valence-electron chi connectivity index (χ4n) is 1.89. The third-order valence-corrected chi connectivity index (χ3v) is 3.74. The van der Waals surface area contributed by atoms with Gasteiger partial charge >= 0.3 is 0 Å². The van der Waals surface area contributed by atoms with Gasteiger partial charge in [-0.05, 0) is 41.4 Å². The molecular formula is C13H14BrF2N3O. The smallest absolute Gasteiger partial charge is 0.246 e. The molecule has 1 aromatic heterocycles. The van der Waals surface area contributed by atoms with E-state index in [9.17, 15) is 8.78 Å². The molecule has 1 unspecified atom stereocenters. The number of hydrogen-bond acceptors (Lipinski definition) is 4. The molecule has 0 amide bonds. The summed E-state index contributed by atoms with van der Waals surface area (Å²) in [6.07, 6.45) is 1.53. The van der Waals surface area contributed by atoms with E-state index in [0.717, 1.165) is 12.5 Å². The highest BCUT2D eigenvalue weighted by Crippen LogP contribution is 2.31. The van der Waals surface area contributed by atoms with Crippen molar-refractivity contribution in [3.05, 3.63) is 34.1 Å². The van der Waals surface area contributed by atoms with Gasteiger partial charge in [-0.1, -0.05) is 18.5 Å². The van der Waals surface area contributed by atoms with Gasteiger partial charge in [-0.3, -0.25) is 0 Å². The molecule has 0 aliphatic carbocycles. The predicted octanol–water partition coefficient (Wildman–Crippen LogP) is 3.75. The minimum Gasteiger partial charge on any atom is -0.337 e. The van der Waals surface area contributed by atoms with Crippen LogP contribution in [0.2, 0.25) is 0 Å².